The van der Waals surface area contributed by atoms with Crippen LogP contribution in [-0.2, 0) is 20.9 Å². The Morgan fingerprint density at radius 3 is 2.44 bits per heavy atom. The van der Waals surface area contributed by atoms with Crippen LogP contribution in [0.5, 0.6) is 5.75 Å². The molecule has 1 heterocycles. The van der Waals surface area contributed by atoms with Crippen LogP contribution in [0.25, 0.3) is 17.3 Å². The molecule has 0 aliphatic heterocycles. The molecule has 3 rings (SSSR count). The predicted octanol–water partition coefficient (Wildman–Crippen LogP) is 6.37. The number of carbonyl (C=O) groups is 2. The molecule has 0 bridgehead atoms. The summed E-state index contributed by atoms with van der Waals surface area (Å²) >= 11 is 1.14. The molecule has 208 valence electrons. The summed E-state index contributed by atoms with van der Waals surface area (Å²) in [6.45, 7) is 5.30. The standard InChI is InChI=1S/C28H30F2N2O6S/c1-5-16(6-2)13-38-14-17-8-7-9-19(25(17)37-4)23-15-39-28(31-23)32-26(33)18-10-21(29)20(22(30)11-18)12-24(36-3)27(34)35/h7-12,15-16H,5-6,13-14H2,1-4H3,(H,34,35)(H,31,32,33)/b24-12+. The number of hydrogen-bond acceptors (Lipinski definition) is 7. The number of nitrogens with zero attached hydrogens (tertiary/aromatic N) is 1. The number of carboxylic acids is 1. The number of aliphatic carboxylic acids is 1. The van der Waals surface area contributed by atoms with E-state index in [4.69, 9.17) is 14.6 Å². The second kappa shape index (κ2) is 13.8. The molecule has 0 saturated carbocycles. The van der Waals surface area contributed by atoms with E-state index in [1.54, 1.807) is 12.5 Å². The number of carboxylic acid groups (broad SMARTS) is 1. The Kier molecular flexibility index (Phi) is 10.5. The van der Waals surface area contributed by atoms with Crippen molar-refractivity contribution >= 4 is 34.4 Å². The van der Waals surface area contributed by atoms with Crippen LogP contribution in [0, 0.1) is 17.6 Å². The lowest BCUT2D eigenvalue weighted by atomic mass is 10.1. The quantitative estimate of drug-likeness (QED) is 0.185. The van der Waals surface area contributed by atoms with Gasteiger partial charge in [-0.2, -0.15) is 0 Å². The normalized spacial score (nSPS) is 11.5. The van der Waals surface area contributed by atoms with Crippen LogP contribution in [0.15, 0.2) is 41.5 Å². The maximum absolute atomic E-state index is 14.5. The number of anilines is 1. The molecule has 11 heteroatoms. The van der Waals surface area contributed by atoms with E-state index in [-0.39, 0.29) is 10.7 Å². The first-order chi connectivity index (χ1) is 18.7. The number of benzene rings is 2. The summed E-state index contributed by atoms with van der Waals surface area (Å²) < 4.78 is 45.3. The van der Waals surface area contributed by atoms with E-state index >= 15 is 0 Å². The van der Waals surface area contributed by atoms with E-state index < -0.39 is 34.8 Å². The van der Waals surface area contributed by atoms with Crippen LogP contribution < -0.4 is 10.1 Å². The summed E-state index contributed by atoms with van der Waals surface area (Å²) in [5.74, 6) is -4.08. The first-order valence-electron chi connectivity index (χ1n) is 12.2. The molecule has 0 radical (unpaired) electrons. The van der Waals surface area contributed by atoms with Crippen molar-refractivity contribution in [3.63, 3.8) is 0 Å². The van der Waals surface area contributed by atoms with Crippen LogP contribution >= 0.6 is 11.3 Å². The Morgan fingerprint density at radius 2 is 1.85 bits per heavy atom. The number of amides is 1. The van der Waals surface area contributed by atoms with Gasteiger partial charge in [0.1, 0.15) is 17.4 Å². The van der Waals surface area contributed by atoms with Gasteiger partial charge in [0, 0.05) is 40.3 Å². The zero-order valence-electron chi connectivity index (χ0n) is 22.0. The number of ether oxygens (including phenoxy) is 3. The second-order valence-electron chi connectivity index (χ2n) is 8.56. The second-order valence-corrected chi connectivity index (χ2v) is 9.42. The third-order valence-corrected chi connectivity index (χ3v) is 6.87. The minimum absolute atomic E-state index is 0.213. The van der Waals surface area contributed by atoms with Crippen molar-refractivity contribution in [3.8, 4) is 17.0 Å². The molecule has 0 fully saturated rings. The van der Waals surface area contributed by atoms with Gasteiger partial charge in [0.05, 0.1) is 26.5 Å². The number of aromatic nitrogens is 1. The van der Waals surface area contributed by atoms with Crippen LogP contribution in [0.1, 0.15) is 48.2 Å². The van der Waals surface area contributed by atoms with Crippen molar-refractivity contribution in [1.29, 1.82) is 0 Å². The molecule has 2 aromatic carbocycles. The van der Waals surface area contributed by atoms with Gasteiger partial charge in [-0.1, -0.05) is 38.8 Å². The fourth-order valence-electron chi connectivity index (χ4n) is 3.82. The first-order valence-corrected chi connectivity index (χ1v) is 13.1. The van der Waals surface area contributed by atoms with Gasteiger partial charge in [-0.25, -0.2) is 18.6 Å². The first kappa shape index (κ1) is 29.7. The van der Waals surface area contributed by atoms with Crippen molar-refractivity contribution in [1.82, 2.24) is 4.98 Å². The van der Waals surface area contributed by atoms with Crippen LogP contribution in [-0.4, -0.2) is 42.8 Å². The van der Waals surface area contributed by atoms with E-state index in [1.807, 2.05) is 18.2 Å². The molecule has 1 aromatic heterocycles. The summed E-state index contributed by atoms with van der Waals surface area (Å²) in [4.78, 5) is 28.2. The smallest absolute Gasteiger partial charge is 0.371 e. The molecule has 0 spiro atoms. The molecule has 0 unspecified atom stereocenters. The summed E-state index contributed by atoms with van der Waals surface area (Å²) in [5, 5.41) is 13.5. The molecular formula is C28H30F2N2O6S. The molecule has 1 amide bonds. The number of nitrogens with one attached hydrogen (secondary N) is 1. The van der Waals surface area contributed by atoms with Gasteiger partial charge in [-0.3, -0.25) is 10.1 Å². The Bertz CT molecular complexity index is 1330. The highest BCUT2D eigenvalue weighted by Crippen LogP contribution is 2.35. The molecule has 0 atom stereocenters. The molecule has 8 nitrogen and oxygen atoms in total. The van der Waals surface area contributed by atoms with Crippen LogP contribution in [0.3, 0.4) is 0 Å². The molecule has 3 aromatic rings. The Hall–Kier alpha value is -3.83. The van der Waals surface area contributed by atoms with Crippen molar-refractivity contribution in [2.45, 2.75) is 33.3 Å². The van der Waals surface area contributed by atoms with E-state index in [0.29, 0.717) is 42.2 Å². The van der Waals surface area contributed by atoms with Gasteiger partial charge in [0.25, 0.3) is 5.91 Å². The lowest BCUT2D eigenvalue weighted by Gasteiger charge is -2.15. The Balaban J connectivity index is 1.78. The molecule has 0 aliphatic rings. The summed E-state index contributed by atoms with van der Waals surface area (Å²) in [6, 6.07) is 7.24. The molecule has 39 heavy (non-hydrogen) atoms. The third kappa shape index (κ3) is 7.39. The van der Waals surface area contributed by atoms with Crippen molar-refractivity contribution in [2.75, 3.05) is 26.1 Å². The number of rotatable bonds is 13. The highest BCUT2D eigenvalue weighted by molar-refractivity contribution is 7.14. The summed E-state index contributed by atoms with van der Waals surface area (Å²) in [6.07, 6.45) is 2.79. The van der Waals surface area contributed by atoms with E-state index in [1.165, 1.54) is 0 Å². The topological polar surface area (TPSA) is 107 Å². The molecular weight excluding hydrogens is 530 g/mol. The maximum atomic E-state index is 14.5. The number of para-hydroxylation sites is 1. The predicted molar refractivity (Wildman–Crippen MR) is 145 cm³/mol. The number of methoxy groups -OCH3 is 2. The fraction of sp³-hybridized carbons (Fsp3) is 0.321. The lowest BCUT2D eigenvalue weighted by Crippen LogP contribution is -2.13. The van der Waals surface area contributed by atoms with Gasteiger partial charge in [0.15, 0.2) is 5.13 Å². The monoisotopic (exact) mass is 560 g/mol. The van der Waals surface area contributed by atoms with Gasteiger partial charge in [-0.15, -0.1) is 11.3 Å². The molecule has 2 N–H and O–H groups in total. The number of carbonyl (C=O) groups excluding carboxylic acids is 1. The highest BCUT2D eigenvalue weighted by Gasteiger charge is 2.19. The van der Waals surface area contributed by atoms with E-state index in [2.05, 4.69) is 28.9 Å². The zero-order valence-corrected chi connectivity index (χ0v) is 22.9. The molecule has 0 aliphatic carbocycles. The summed E-state index contributed by atoms with van der Waals surface area (Å²) in [5.41, 5.74) is 1.17. The van der Waals surface area contributed by atoms with E-state index in [0.717, 1.165) is 49.0 Å². The molecule has 0 saturated heterocycles. The largest absolute Gasteiger partial charge is 0.496 e. The van der Waals surface area contributed by atoms with Crippen molar-refractivity contribution in [3.05, 3.63) is 69.8 Å². The zero-order chi connectivity index (χ0) is 28.5. The van der Waals surface area contributed by atoms with E-state index in [9.17, 15) is 18.4 Å². The highest BCUT2D eigenvalue weighted by atomic mass is 32.1. The van der Waals surface area contributed by atoms with Crippen molar-refractivity contribution < 1.29 is 37.7 Å². The number of halogens is 2. The SMILES string of the molecule is CCC(CC)COCc1cccc(-c2csc(NC(=O)c3cc(F)c(/C=C(/OC)C(=O)O)c(F)c3)n2)c1OC. The fourth-order valence-corrected chi connectivity index (χ4v) is 4.52. The van der Waals surface area contributed by atoms with Gasteiger partial charge in [-0.05, 0) is 24.1 Å². The number of hydrogen-bond donors (Lipinski definition) is 2. The third-order valence-electron chi connectivity index (χ3n) is 6.11. The van der Waals surface area contributed by atoms with Crippen LogP contribution in [0.4, 0.5) is 13.9 Å². The number of thiazole rings is 1. The van der Waals surface area contributed by atoms with Gasteiger partial charge in [0.2, 0.25) is 5.76 Å². The summed E-state index contributed by atoms with van der Waals surface area (Å²) in [7, 11) is 2.63. The minimum Gasteiger partial charge on any atom is -0.496 e. The lowest BCUT2D eigenvalue weighted by molar-refractivity contribution is -0.135. The van der Waals surface area contributed by atoms with Crippen molar-refractivity contribution in [2.24, 2.45) is 5.92 Å². The van der Waals surface area contributed by atoms with Gasteiger partial charge >= 0.3 is 5.97 Å². The minimum atomic E-state index is -1.49. The van der Waals surface area contributed by atoms with Gasteiger partial charge < -0.3 is 19.3 Å². The average molecular weight is 561 g/mol. The maximum Gasteiger partial charge on any atom is 0.371 e. The Labute approximate surface area is 229 Å². The van der Waals surface area contributed by atoms with Crippen LogP contribution in [0.2, 0.25) is 0 Å². The average Bonchev–Trinajstić information content (AvgIpc) is 3.38. The Morgan fingerprint density at radius 1 is 1.15 bits per heavy atom.